The maximum Gasteiger partial charge on any atom is 0.148 e. The van der Waals surface area contributed by atoms with Gasteiger partial charge in [0.15, 0.2) is 0 Å². The van der Waals surface area contributed by atoms with E-state index in [0.29, 0.717) is 0 Å². The van der Waals surface area contributed by atoms with Crippen LogP contribution in [0.1, 0.15) is 19.8 Å². The maximum atomic E-state index is 13.3. The van der Waals surface area contributed by atoms with E-state index in [1.807, 2.05) is 6.07 Å². The molecule has 1 saturated heterocycles. The van der Waals surface area contributed by atoms with Crippen LogP contribution >= 0.6 is 0 Å². The molecule has 1 heterocycles. The molecule has 0 spiro atoms. The molecule has 0 bridgehead atoms. The van der Waals surface area contributed by atoms with Crippen molar-refractivity contribution in [2.45, 2.75) is 19.8 Å². The molecule has 15 heavy (non-hydrogen) atoms. The van der Waals surface area contributed by atoms with Crippen molar-refractivity contribution in [2.75, 3.05) is 23.7 Å². The minimum absolute atomic E-state index is 0.226. The van der Waals surface area contributed by atoms with Gasteiger partial charge < -0.3 is 10.6 Å². The lowest BCUT2D eigenvalue weighted by Gasteiger charge is -2.32. The summed E-state index contributed by atoms with van der Waals surface area (Å²) in [5.41, 5.74) is 6.63. The number of halogens is 1. The summed E-state index contributed by atoms with van der Waals surface area (Å²) >= 11 is 0. The van der Waals surface area contributed by atoms with Gasteiger partial charge in [0.1, 0.15) is 5.82 Å². The van der Waals surface area contributed by atoms with Gasteiger partial charge in [-0.3, -0.25) is 0 Å². The average molecular weight is 208 g/mol. The molecule has 1 aliphatic heterocycles. The Morgan fingerprint density at radius 1 is 1.33 bits per heavy atom. The van der Waals surface area contributed by atoms with Crippen molar-refractivity contribution in [3.63, 3.8) is 0 Å². The van der Waals surface area contributed by atoms with E-state index in [1.54, 1.807) is 6.07 Å². The van der Waals surface area contributed by atoms with E-state index in [2.05, 4.69) is 11.8 Å². The van der Waals surface area contributed by atoms with E-state index in [1.165, 1.54) is 18.9 Å². The van der Waals surface area contributed by atoms with Crippen molar-refractivity contribution in [2.24, 2.45) is 5.92 Å². The number of nitrogen functional groups attached to an aromatic ring is 1. The summed E-state index contributed by atoms with van der Waals surface area (Å²) in [6.07, 6.45) is 2.37. The molecule has 2 rings (SSSR count). The highest BCUT2D eigenvalue weighted by Gasteiger charge is 2.16. The third-order valence-electron chi connectivity index (χ3n) is 3.13. The van der Waals surface area contributed by atoms with Gasteiger partial charge in [-0.25, -0.2) is 4.39 Å². The van der Waals surface area contributed by atoms with Crippen molar-refractivity contribution in [1.29, 1.82) is 0 Å². The number of hydrogen-bond donors (Lipinski definition) is 1. The number of hydrogen-bond acceptors (Lipinski definition) is 2. The van der Waals surface area contributed by atoms with E-state index in [9.17, 15) is 4.39 Å². The zero-order valence-electron chi connectivity index (χ0n) is 9.04. The summed E-state index contributed by atoms with van der Waals surface area (Å²) in [5, 5.41) is 0. The fraction of sp³-hybridized carbons (Fsp3) is 0.500. The minimum atomic E-state index is -0.314. The largest absolute Gasteiger partial charge is 0.396 e. The molecule has 0 radical (unpaired) electrons. The van der Waals surface area contributed by atoms with Crippen LogP contribution in [0.4, 0.5) is 15.8 Å². The topological polar surface area (TPSA) is 29.3 Å². The molecular weight excluding hydrogens is 191 g/mol. The van der Waals surface area contributed by atoms with Crippen LogP contribution in [0.2, 0.25) is 0 Å². The lowest BCUT2D eigenvalue weighted by molar-refractivity contribution is 0.438. The van der Waals surface area contributed by atoms with Crippen LogP contribution in [-0.4, -0.2) is 13.1 Å². The van der Waals surface area contributed by atoms with Crippen molar-refractivity contribution in [3.8, 4) is 0 Å². The van der Waals surface area contributed by atoms with Gasteiger partial charge in [-0.2, -0.15) is 0 Å². The van der Waals surface area contributed by atoms with Gasteiger partial charge in [0.2, 0.25) is 0 Å². The number of nitrogens with zero attached hydrogens (tertiary/aromatic N) is 1. The zero-order chi connectivity index (χ0) is 10.8. The molecule has 2 nitrogen and oxygen atoms in total. The molecule has 1 fully saturated rings. The molecule has 0 atom stereocenters. The molecule has 2 N–H and O–H groups in total. The SMILES string of the molecule is CC1CCN(c2ccc(N)c(F)c2)CC1. The molecule has 0 saturated carbocycles. The van der Waals surface area contributed by atoms with Crippen LogP contribution in [-0.2, 0) is 0 Å². The number of nitrogens with two attached hydrogens (primary N) is 1. The lowest BCUT2D eigenvalue weighted by Crippen LogP contribution is -2.32. The molecule has 82 valence electrons. The Morgan fingerprint density at radius 2 is 2.00 bits per heavy atom. The summed E-state index contributed by atoms with van der Waals surface area (Å²) < 4.78 is 13.3. The Morgan fingerprint density at radius 3 is 2.60 bits per heavy atom. The first kappa shape index (κ1) is 10.3. The second-order valence-electron chi connectivity index (χ2n) is 4.38. The third-order valence-corrected chi connectivity index (χ3v) is 3.13. The van der Waals surface area contributed by atoms with Gasteiger partial charge in [-0.05, 0) is 37.0 Å². The van der Waals surface area contributed by atoms with Crippen LogP contribution < -0.4 is 10.6 Å². The maximum absolute atomic E-state index is 13.3. The third kappa shape index (κ3) is 2.22. The lowest BCUT2D eigenvalue weighted by atomic mass is 9.99. The molecular formula is C12H17FN2. The first-order chi connectivity index (χ1) is 7.16. The van der Waals surface area contributed by atoms with E-state index in [-0.39, 0.29) is 11.5 Å². The quantitative estimate of drug-likeness (QED) is 0.719. The second-order valence-corrected chi connectivity index (χ2v) is 4.38. The molecule has 0 amide bonds. The van der Waals surface area contributed by atoms with E-state index in [0.717, 1.165) is 24.7 Å². The summed E-state index contributed by atoms with van der Waals surface area (Å²) in [4.78, 5) is 2.22. The predicted octanol–water partition coefficient (Wildman–Crippen LogP) is 2.64. The van der Waals surface area contributed by atoms with E-state index in [4.69, 9.17) is 5.73 Å². The van der Waals surface area contributed by atoms with Crippen molar-refractivity contribution < 1.29 is 4.39 Å². The number of anilines is 2. The second kappa shape index (κ2) is 4.09. The van der Waals surface area contributed by atoms with Crippen molar-refractivity contribution in [1.82, 2.24) is 0 Å². The van der Waals surface area contributed by atoms with Gasteiger partial charge in [0, 0.05) is 18.8 Å². The molecule has 1 aromatic carbocycles. The smallest absolute Gasteiger partial charge is 0.148 e. The highest BCUT2D eigenvalue weighted by Crippen LogP contribution is 2.25. The molecule has 3 heteroatoms. The first-order valence-electron chi connectivity index (χ1n) is 5.47. The Hall–Kier alpha value is -1.25. The molecule has 0 unspecified atom stereocenters. The summed E-state index contributed by atoms with van der Waals surface area (Å²) in [6.45, 7) is 4.30. The summed E-state index contributed by atoms with van der Waals surface area (Å²) in [5.74, 6) is 0.478. The van der Waals surface area contributed by atoms with Gasteiger partial charge in [-0.1, -0.05) is 6.92 Å². The van der Waals surface area contributed by atoms with Gasteiger partial charge >= 0.3 is 0 Å². The Balaban J connectivity index is 2.12. The number of piperidine rings is 1. The summed E-state index contributed by atoms with van der Waals surface area (Å²) in [6, 6.07) is 5.07. The highest BCUT2D eigenvalue weighted by atomic mass is 19.1. The first-order valence-corrected chi connectivity index (χ1v) is 5.47. The van der Waals surface area contributed by atoms with Crippen molar-refractivity contribution in [3.05, 3.63) is 24.0 Å². The molecule has 0 aliphatic carbocycles. The fourth-order valence-corrected chi connectivity index (χ4v) is 1.98. The molecule has 1 aromatic rings. The number of rotatable bonds is 1. The normalized spacial score (nSPS) is 18.1. The minimum Gasteiger partial charge on any atom is -0.396 e. The molecule has 0 aromatic heterocycles. The monoisotopic (exact) mass is 208 g/mol. The predicted molar refractivity (Wildman–Crippen MR) is 61.4 cm³/mol. The van der Waals surface area contributed by atoms with E-state index < -0.39 is 0 Å². The zero-order valence-corrected chi connectivity index (χ0v) is 9.04. The van der Waals surface area contributed by atoms with Crippen LogP contribution in [0.5, 0.6) is 0 Å². The van der Waals surface area contributed by atoms with Crippen molar-refractivity contribution >= 4 is 11.4 Å². The average Bonchev–Trinajstić information content (AvgIpc) is 2.23. The van der Waals surface area contributed by atoms with E-state index >= 15 is 0 Å². The van der Waals surface area contributed by atoms with Crippen LogP contribution in [0.3, 0.4) is 0 Å². The molecule has 1 aliphatic rings. The Bertz CT molecular complexity index is 343. The summed E-state index contributed by atoms with van der Waals surface area (Å²) in [7, 11) is 0. The van der Waals surface area contributed by atoms with Crippen LogP contribution in [0, 0.1) is 11.7 Å². The standard InChI is InChI=1S/C12H17FN2/c1-9-4-6-15(7-5-9)10-2-3-12(14)11(13)8-10/h2-3,8-9H,4-7,14H2,1H3. The fourth-order valence-electron chi connectivity index (χ4n) is 1.98. The number of benzene rings is 1. The van der Waals surface area contributed by atoms with Gasteiger partial charge in [0.05, 0.1) is 5.69 Å². The highest BCUT2D eigenvalue weighted by molar-refractivity contribution is 5.54. The van der Waals surface area contributed by atoms with Crippen LogP contribution in [0.25, 0.3) is 0 Å². The van der Waals surface area contributed by atoms with Gasteiger partial charge in [-0.15, -0.1) is 0 Å². The van der Waals surface area contributed by atoms with Crippen LogP contribution in [0.15, 0.2) is 18.2 Å². The Kier molecular flexibility index (Phi) is 2.80. The Labute approximate surface area is 89.9 Å². The van der Waals surface area contributed by atoms with Gasteiger partial charge in [0.25, 0.3) is 0 Å².